The molecule has 0 radical (unpaired) electrons. The number of nitrogens with zero attached hydrogens (tertiary/aromatic N) is 4. The zero-order chi connectivity index (χ0) is 32.3. The quantitative estimate of drug-likeness (QED) is 0.103. The van der Waals surface area contributed by atoms with Crippen molar-refractivity contribution in [2.75, 3.05) is 10.3 Å². The molecule has 3 aromatic carbocycles. The third-order valence-corrected chi connectivity index (χ3v) is 7.18. The molecule has 5 rings (SSSR count). The third-order valence-electron chi connectivity index (χ3n) is 6.85. The van der Waals surface area contributed by atoms with Crippen molar-refractivity contribution in [2.24, 2.45) is 11.6 Å². The van der Waals surface area contributed by atoms with Gasteiger partial charge in [0.1, 0.15) is 11.2 Å². The van der Waals surface area contributed by atoms with Crippen LogP contribution in [0.2, 0.25) is 5.02 Å². The minimum atomic E-state index is -4.60. The first-order valence-electron chi connectivity index (χ1n) is 13.3. The van der Waals surface area contributed by atoms with Crippen molar-refractivity contribution in [1.29, 1.82) is 0 Å². The molecule has 0 saturated carbocycles. The predicted octanol–water partition coefficient (Wildman–Crippen LogP) is 6.23. The van der Waals surface area contributed by atoms with Gasteiger partial charge in [-0.05, 0) is 48.0 Å². The van der Waals surface area contributed by atoms with Gasteiger partial charge in [-0.3, -0.25) is 24.1 Å². The molecule has 5 N–H and O–H groups in total. The molecule has 2 heterocycles. The van der Waals surface area contributed by atoms with Gasteiger partial charge < -0.3 is 11.1 Å². The Morgan fingerprint density at radius 1 is 1.04 bits per heavy atom. The smallest absolute Gasteiger partial charge is 0.388 e. The van der Waals surface area contributed by atoms with E-state index in [1.165, 1.54) is 36.9 Å². The summed E-state index contributed by atoms with van der Waals surface area (Å²) < 4.78 is 41.5. The van der Waals surface area contributed by atoms with Gasteiger partial charge in [0.25, 0.3) is 5.56 Å². The minimum Gasteiger partial charge on any atom is -0.388 e. The van der Waals surface area contributed by atoms with E-state index < -0.39 is 29.2 Å². The Labute approximate surface area is 264 Å². The van der Waals surface area contributed by atoms with Gasteiger partial charge in [-0.15, -0.1) is 0 Å². The Morgan fingerprint density at radius 3 is 2.49 bits per heavy atom. The molecule has 1 atom stereocenters. The zero-order valence-electron chi connectivity index (χ0n) is 23.2. The number of nitrogens with two attached hydrogens (primary N) is 2. The number of hydrogen-bond acceptors (Lipinski definition) is 7. The number of benzene rings is 3. The highest BCUT2D eigenvalue weighted by Crippen LogP contribution is 2.34. The summed E-state index contributed by atoms with van der Waals surface area (Å²) in [6.07, 6.45) is -0.678. The highest BCUT2D eigenvalue weighted by molar-refractivity contribution is 6.31. The lowest BCUT2D eigenvalue weighted by Gasteiger charge is -2.21. The van der Waals surface area contributed by atoms with Crippen LogP contribution in [0.3, 0.4) is 0 Å². The monoisotopic (exact) mass is 653 g/mol. The molecule has 0 aliphatic carbocycles. The zero-order valence-corrected chi connectivity index (χ0v) is 24.7. The summed E-state index contributed by atoms with van der Waals surface area (Å²) in [5.74, 6) is 5.44. The van der Waals surface area contributed by atoms with Crippen LogP contribution < -0.4 is 27.5 Å². The molecule has 0 bridgehead atoms. The molecule has 230 valence electrons. The molecule has 1 amide bonds. The first-order valence-corrected chi connectivity index (χ1v) is 14.0. The third kappa shape index (κ3) is 7.26. The maximum atomic E-state index is 13.8. The largest absolute Gasteiger partial charge is 0.416 e. The number of rotatable bonds is 8. The summed E-state index contributed by atoms with van der Waals surface area (Å²) in [6.45, 7) is 0. The van der Waals surface area contributed by atoms with E-state index in [1.807, 2.05) is 0 Å². The Balaban J connectivity index is 1.55. The summed E-state index contributed by atoms with van der Waals surface area (Å²) in [5, 5.41) is 4.19. The number of alkyl halides is 3. The SMILES string of the molecule is N/C(Cl)=C\N(N)c1ccc(Cl)cc1-c1cc(=O)n(C(Cc2ccccc2)C(=O)Nc2ccnc3ccc(C(F)(F)F)cc23)cn1. The van der Waals surface area contributed by atoms with E-state index >= 15 is 0 Å². The number of carbonyl (C=O) groups excluding carboxylic acids is 1. The van der Waals surface area contributed by atoms with Crippen molar-refractivity contribution in [3.8, 4) is 11.3 Å². The average Bonchev–Trinajstić information content (AvgIpc) is 2.99. The lowest BCUT2D eigenvalue weighted by Crippen LogP contribution is -2.35. The minimum absolute atomic E-state index is 0.0726. The van der Waals surface area contributed by atoms with Crippen LogP contribution >= 0.6 is 23.2 Å². The molecule has 0 aliphatic heterocycles. The van der Waals surface area contributed by atoms with Crippen LogP contribution in [0.15, 0.2) is 108 Å². The number of hydrogen-bond donors (Lipinski definition) is 3. The second kappa shape index (κ2) is 13.0. The standard InChI is InChI=1S/C31H24Cl2F3N7O2/c32-20-7-9-26(43(38)16-28(33)37)22(14-20)25-15-29(44)42(17-40-25)27(12-18-4-2-1-3-5-18)30(45)41-24-10-11-39-23-8-6-19(13-21(23)24)31(34,35)36/h1-11,13-17,27H,12,37-38H2,(H,39,41,45)/b28-16-. The first kappa shape index (κ1) is 31.5. The van der Waals surface area contributed by atoms with Crippen LogP contribution in [0.5, 0.6) is 0 Å². The summed E-state index contributed by atoms with van der Waals surface area (Å²) >= 11 is 12.0. The van der Waals surface area contributed by atoms with E-state index in [1.54, 1.807) is 48.5 Å². The maximum Gasteiger partial charge on any atom is 0.416 e. The molecule has 45 heavy (non-hydrogen) atoms. The van der Waals surface area contributed by atoms with Crippen molar-refractivity contribution in [2.45, 2.75) is 18.6 Å². The van der Waals surface area contributed by atoms with Crippen molar-refractivity contribution in [3.63, 3.8) is 0 Å². The molecule has 1 unspecified atom stereocenters. The predicted molar refractivity (Wildman–Crippen MR) is 168 cm³/mol. The normalized spacial score (nSPS) is 12.6. The maximum absolute atomic E-state index is 13.8. The number of anilines is 2. The topological polar surface area (TPSA) is 132 Å². The van der Waals surface area contributed by atoms with Gasteiger partial charge in [0.15, 0.2) is 0 Å². The lowest BCUT2D eigenvalue weighted by atomic mass is 10.0. The molecule has 0 aliphatic rings. The molecule has 5 aromatic rings. The lowest BCUT2D eigenvalue weighted by molar-refractivity contribution is -0.137. The number of aromatic nitrogens is 3. The first-order chi connectivity index (χ1) is 21.4. The molecular formula is C31H24Cl2F3N7O2. The molecule has 0 fully saturated rings. The van der Waals surface area contributed by atoms with Crippen molar-refractivity contribution in [3.05, 3.63) is 129 Å². The molecule has 0 saturated heterocycles. The number of carbonyl (C=O) groups is 1. The van der Waals surface area contributed by atoms with Gasteiger partial charge in [0.05, 0.1) is 40.7 Å². The summed E-state index contributed by atoms with van der Waals surface area (Å²) in [5.41, 5.74) is 6.12. The summed E-state index contributed by atoms with van der Waals surface area (Å²) in [6, 6.07) is 18.2. The van der Waals surface area contributed by atoms with E-state index in [4.69, 9.17) is 34.8 Å². The number of fused-ring (bicyclic) bond motifs is 1. The fourth-order valence-electron chi connectivity index (χ4n) is 4.73. The van der Waals surface area contributed by atoms with Gasteiger partial charge in [0.2, 0.25) is 5.91 Å². The van der Waals surface area contributed by atoms with Crippen LogP contribution in [0, 0.1) is 0 Å². The number of hydrazine groups is 1. The van der Waals surface area contributed by atoms with Gasteiger partial charge in [-0.1, -0.05) is 53.5 Å². The molecule has 2 aromatic heterocycles. The van der Waals surface area contributed by atoms with E-state index in [2.05, 4.69) is 15.3 Å². The highest BCUT2D eigenvalue weighted by atomic mass is 35.5. The van der Waals surface area contributed by atoms with Gasteiger partial charge in [-0.2, -0.15) is 13.2 Å². The highest BCUT2D eigenvalue weighted by Gasteiger charge is 2.31. The Hall–Kier alpha value is -4.91. The Morgan fingerprint density at radius 2 is 1.80 bits per heavy atom. The van der Waals surface area contributed by atoms with Crippen LogP contribution in [-0.4, -0.2) is 20.4 Å². The van der Waals surface area contributed by atoms with E-state index in [0.717, 1.165) is 27.3 Å². The number of halogens is 5. The molecule has 0 spiro atoms. The fraction of sp³-hybridized carbons (Fsp3) is 0.0968. The van der Waals surface area contributed by atoms with E-state index in [9.17, 15) is 22.8 Å². The number of amides is 1. The van der Waals surface area contributed by atoms with Crippen LogP contribution in [0.1, 0.15) is 17.2 Å². The summed E-state index contributed by atoms with van der Waals surface area (Å²) in [4.78, 5) is 36.0. The second-order valence-corrected chi connectivity index (χ2v) is 10.8. The van der Waals surface area contributed by atoms with Crippen LogP contribution in [0.25, 0.3) is 22.2 Å². The fourth-order valence-corrected chi connectivity index (χ4v) is 5.01. The van der Waals surface area contributed by atoms with Crippen molar-refractivity contribution in [1.82, 2.24) is 14.5 Å². The van der Waals surface area contributed by atoms with Crippen molar-refractivity contribution < 1.29 is 18.0 Å². The van der Waals surface area contributed by atoms with E-state index in [-0.39, 0.29) is 33.9 Å². The number of pyridine rings is 1. The van der Waals surface area contributed by atoms with Crippen molar-refractivity contribution >= 4 is 51.4 Å². The molecular weight excluding hydrogens is 630 g/mol. The van der Waals surface area contributed by atoms with E-state index in [0.29, 0.717) is 16.3 Å². The Kier molecular flexibility index (Phi) is 9.09. The van der Waals surface area contributed by atoms with Crippen LogP contribution in [-0.2, 0) is 17.4 Å². The average molecular weight is 654 g/mol. The Bertz CT molecular complexity index is 1960. The molecule has 9 nitrogen and oxygen atoms in total. The van der Waals surface area contributed by atoms with Gasteiger partial charge in [0, 0.05) is 34.7 Å². The summed E-state index contributed by atoms with van der Waals surface area (Å²) in [7, 11) is 0. The van der Waals surface area contributed by atoms with Crippen LogP contribution in [0.4, 0.5) is 24.5 Å². The van der Waals surface area contributed by atoms with Gasteiger partial charge >= 0.3 is 6.18 Å². The molecule has 14 heteroatoms. The van der Waals surface area contributed by atoms with Gasteiger partial charge in [-0.25, -0.2) is 10.8 Å². The number of nitrogens with one attached hydrogen (secondary N) is 1. The second-order valence-electron chi connectivity index (χ2n) is 9.89.